The number of benzene rings is 1. The summed E-state index contributed by atoms with van der Waals surface area (Å²) in [6, 6.07) is 5.07. The van der Waals surface area contributed by atoms with Crippen LogP contribution < -0.4 is 0 Å². The number of rotatable bonds is 5. The first kappa shape index (κ1) is 13.0. The lowest BCUT2D eigenvalue weighted by atomic mass is 10.1. The summed E-state index contributed by atoms with van der Waals surface area (Å²) in [6.45, 7) is 7.86. The summed E-state index contributed by atoms with van der Waals surface area (Å²) >= 11 is 0. The van der Waals surface area contributed by atoms with Gasteiger partial charge in [0.1, 0.15) is 0 Å². The standard InChI is InChI=1S/C13H20FNO/c1-4-8-15(10(2)3)9-11-6-5-7-12(14)13(11)16/h5-7,10,16H,4,8-9H2,1-3H3. The van der Waals surface area contributed by atoms with Gasteiger partial charge in [0.05, 0.1) is 0 Å². The van der Waals surface area contributed by atoms with Gasteiger partial charge in [-0.15, -0.1) is 0 Å². The van der Waals surface area contributed by atoms with Crippen LogP contribution in [0.25, 0.3) is 0 Å². The van der Waals surface area contributed by atoms with Crippen LogP contribution in [0.2, 0.25) is 0 Å². The Morgan fingerprint density at radius 3 is 2.62 bits per heavy atom. The predicted octanol–water partition coefficient (Wildman–Crippen LogP) is 3.15. The van der Waals surface area contributed by atoms with Crippen LogP contribution in [0.15, 0.2) is 18.2 Å². The first-order valence-corrected chi connectivity index (χ1v) is 5.76. The monoisotopic (exact) mass is 225 g/mol. The van der Waals surface area contributed by atoms with Crippen LogP contribution in [0.5, 0.6) is 5.75 Å². The second-order valence-electron chi connectivity index (χ2n) is 4.31. The van der Waals surface area contributed by atoms with Gasteiger partial charge >= 0.3 is 0 Å². The third kappa shape index (κ3) is 3.20. The molecular weight excluding hydrogens is 205 g/mol. The van der Waals surface area contributed by atoms with Crippen molar-refractivity contribution in [2.24, 2.45) is 0 Å². The number of nitrogens with zero attached hydrogens (tertiary/aromatic N) is 1. The summed E-state index contributed by atoms with van der Waals surface area (Å²) < 4.78 is 13.1. The van der Waals surface area contributed by atoms with Crippen LogP contribution in [-0.2, 0) is 6.54 Å². The van der Waals surface area contributed by atoms with Crippen LogP contribution in [0.3, 0.4) is 0 Å². The van der Waals surface area contributed by atoms with E-state index in [1.165, 1.54) is 6.07 Å². The number of halogens is 1. The Bertz CT molecular complexity index is 339. The van der Waals surface area contributed by atoms with Crippen molar-refractivity contribution in [2.75, 3.05) is 6.54 Å². The highest BCUT2D eigenvalue weighted by molar-refractivity contribution is 5.33. The zero-order chi connectivity index (χ0) is 12.1. The van der Waals surface area contributed by atoms with Crippen molar-refractivity contribution < 1.29 is 9.50 Å². The van der Waals surface area contributed by atoms with E-state index in [2.05, 4.69) is 25.7 Å². The molecule has 0 aliphatic heterocycles. The topological polar surface area (TPSA) is 23.5 Å². The SMILES string of the molecule is CCCN(Cc1cccc(F)c1O)C(C)C. The van der Waals surface area contributed by atoms with Gasteiger partial charge in [0.2, 0.25) is 0 Å². The summed E-state index contributed by atoms with van der Waals surface area (Å²) in [4.78, 5) is 2.22. The van der Waals surface area contributed by atoms with Gasteiger partial charge < -0.3 is 5.11 Å². The minimum absolute atomic E-state index is 0.218. The molecule has 0 unspecified atom stereocenters. The van der Waals surface area contributed by atoms with Crippen LogP contribution >= 0.6 is 0 Å². The minimum Gasteiger partial charge on any atom is -0.505 e. The lowest BCUT2D eigenvalue weighted by Gasteiger charge is -2.26. The number of phenols is 1. The third-order valence-corrected chi connectivity index (χ3v) is 2.68. The average Bonchev–Trinajstić information content (AvgIpc) is 2.23. The number of hydrogen-bond donors (Lipinski definition) is 1. The van der Waals surface area contributed by atoms with E-state index < -0.39 is 5.82 Å². The molecule has 0 heterocycles. The molecule has 0 atom stereocenters. The van der Waals surface area contributed by atoms with E-state index in [1.54, 1.807) is 12.1 Å². The molecule has 1 aromatic rings. The molecule has 0 fully saturated rings. The zero-order valence-electron chi connectivity index (χ0n) is 10.2. The van der Waals surface area contributed by atoms with E-state index in [1.807, 2.05) is 0 Å². The molecule has 16 heavy (non-hydrogen) atoms. The average molecular weight is 225 g/mol. The van der Waals surface area contributed by atoms with E-state index in [-0.39, 0.29) is 5.75 Å². The maximum atomic E-state index is 13.1. The largest absolute Gasteiger partial charge is 0.505 e. The fraction of sp³-hybridized carbons (Fsp3) is 0.538. The maximum absolute atomic E-state index is 13.1. The van der Waals surface area contributed by atoms with Gasteiger partial charge in [-0.25, -0.2) is 4.39 Å². The Hall–Kier alpha value is -1.09. The number of phenolic OH excluding ortho intramolecular Hbond substituents is 1. The van der Waals surface area contributed by atoms with Crippen molar-refractivity contribution in [3.05, 3.63) is 29.6 Å². The van der Waals surface area contributed by atoms with Gasteiger partial charge in [-0.1, -0.05) is 19.1 Å². The molecule has 3 heteroatoms. The second-order valence-corrected chi connectivity index (χ2v) is 4.31. The number of para-hydroxylation sites is 1. The summed E-state index contributed by atoms with van der Waals surface area (Å²) in [5.74, 6) is -0.762. The van der Waals surface area contributed by atoms with Crippen LogP contribution in [-0.4, -0.2) is 22.6 Å². The van der Waals surface area contributed by atoms with Crippen molar-refractivity contribution in [2.45, 2.75) is 39.8 Å². The molecule has 0 saturated heterocycles. The molecular formula is C13H20FNO. The molecule has 0 aliphatic carbocycles. The molecule has 1 aromatic carbocycles. The summed E-state index contributed by atoms with van der Waals surface area (Å²) in [5.41, 5.74) is 0.655. The molecule has 0 aromatic heterocycles. The van der Waals surface area contributed by atoms with Crippen molar-refractivity contribution >= 4 is 0 Å². The molecule has 0 saturated carbocycles. The zero-order valence-corrected chi connectivity index (χ0v) is 10.2. The third-order valence-electron chi connectivity index (χ3n) is 2.68. The molecule has 0 spiro atoms. The lowest BCUT2D eigenvalue weighted by Crippen LogP contribution is -2.31. The first-order valence-electron chi connectivity index (χ1n) is 5.76. The van der Waals surface area contributed by atoms with Crippen molar-refractivity contribution in [3.8, 4) is 5.75 Å². The Morgan fingerprint density at radius 1 is 1.38 bits per heavy atom. The Balaban J connectivity index is 2.81. The highest BCUT2D eigenvalue weighted by atomic mass is 19.1. The van der Waals surface area contributed by atoms with Crippen molar-refractivity contribution in [3.63, 3.8) is 0 Å². The molecule has 2 nitrogen and oxygen atoms in total. The van der Waals surface area contributed by atoms with Gasteiger partial charge in [-0.05, 0) is 32.9 Å². The smallest absolute Gasteiger partial charge is 0.165 e. The first-order chi connectivity index (χ1) is 7.56. The Morgan fingerprint density at radius 2 is 2.06 bits per heavy atom. The van der Waals surface area contributed by atoms with E-state index in [9.17, 15) is 9.50 Å². The normalized spacial score (nSPS) is 11.4. The summed E-state index contributed by atoms with van der Waals surface area (Å²) in [7, 11) is 0. The summed E-state index contributed by atoms with van der Waals surface area (Å²) in [5, 5.41) is 9.59. The van der Waals surface area contributed by atoms with Gasteiger partial charge in [0.15, 0.2) is 11.6 Å². The minimum atomic E-state index is -0.544. The van der Waals surface area contributed by atoms with Gasteiger partial charge in [-0.2, -0.15) is 0 Å². The van der Waals surface area contributed by atoms with E-state index in [0.717, 1.165) is 13.0 Å². The van der Waals surface area contributed by atoms with Crippen molar-refractivity contribution in [1.29, 1.82) is 0 Å². The fourth-order valence-corrected chi connectivity index (χ4v) is 1.71. The maximum Gasteiger partial charge on any atom is 0.165 e. The molecule has 0 amide bonds. The lowest BCUT2D eigenvalue weighted by molar-refractivity contribution is 0.210. The molecule has 1 rings (SSSR count). The van der Waals surface area contributed by atoms with E-state index >= 15 is 0 Å². The van der Waals surface area contributed by atoms with Gasteiger partial charge in [0.25, 0.3) is 0 Å². The van der Waals surface area contributed by atoms with Crippen molar-refractivity contribution in [1.82, 2.24) is 4.90 Å². The predicted molar refractivity (Wildman–Crippen MR) is 63.9 cm³/mol. The fourth-order valence-electron chi connectivity index (χ4n) is 1.71. The van der Waals surface area contributed by atoms with Crippen LogP contribution in [0, 0.1) is 5.82 Å². The van der Waals surface area contributed by atoms with Gasteiger partial charge in [0, 0.05) is 18.2 Å². The van der Waals surface area contributed by atoms with Gasteiger partial charge in [-0.3, -0.25) is 4.90 Å². The summed E-state index contributed by atoms with van der Waals surface area (Å²) in [6.07, 6.45) is 1.05. The van der Waals surface area contributed by atoms with E-state index in [0.29, 0.717) is 18.2 Å². The molecule has 1 N–H and O–H groups in total. The Kier molecular flexibility index (Phi) is 4.74. The molecule has 0 bridgehead atoms. The Labute approximate surface area is 96.7 Å². The van der Waals surface area contributed by atoms with Crippen LogP contribution in [0.4, 0.5) is 4.39 Å². The molecule has 90 valence electrons. The van der Waals surface area contributed by atoms with E-state index in [4.69, 9.17) is 0 Å². The number of hydrogen-bond acceptors (Lipinski definition) is 2. The molecule has 0 aliphatic rings. The molecule has 0 radical (unpaired) electrons. The highest BCUT2D eigenvalue weighted by Crippen LogP contribution is 2.22. The highest BCUT2D eigenvalue weighted by Gasteiger charge is 2.13. The second kappa shape index (κ2) is 5.85. The quantitative estimate of drug-likeness (QED) is 0.832. The number of aromatic hydroxyl groups is 1. The van der Waals surface area contributed by atoms with Crippen LogP contribution in [0.1, 0.15) is 32.8 Å².